The molecule has 0 saturated carbocycles. The number of hydrogen-bond acceptors (Lipinski definition) is 4. The van der Waals surface area contributed by atoms with Crippen molar-refractivity contribution in [3.8, 4) is 5.69 Å². The molecule has 3 unspecified atom stereocenters. The molecule has 8 heteroatoms. The molecule has 0 bridgehead atoms. The standard InChI is InChI=1S/C18H24N4O2.2ClH/c1-11-8-12(2)22(21-11)15-6-4-14(5-7-15)13(3)20-18(24)17-9-16(23)10-19-17;;/h4-8,13,16-17,19,23H,9-10H2,1-3H3,(H,20,24);2*1H. The summed E-state index contributed by atoms with van der Waals surface area (Å²) in [6.45, 7) is 6.44. The molecular weight excluding hydrogens is 375 g/mol. The van der Waals surface area contributed by atoms with E-state index in [0.717, 1.165) is 22.6 Å². The highest BCUT2D eigenvalue weighted by Crippen LogP contribution is 2.18. The highest BCUT2D eigenvalue weighted by atomic mass is 35.5. The molecule has 1 saturated heterocycles. The van der Waals surface area contributed by atoms with Gasteiger partial charge in [0.1, 0.15) is 0 Å². The van der Waals surface area contributed by atoms with Crippen molar-refractivity contribution >= 4 is 30.7 Å². The van der Waals surface area contributed by atoms with Crippen LogP contribution in [0, 0.1) is 13.8 Å². The topological polar surface area (TPSA) is 79.2 Å². The molecule has 1 aliphatic rings. The fraction of sp³-hybridized carbons (Fsp3) is 0.444. The van der Waals surface area contributed by atoms with Gasteiger partial charge in [-0.25, -0.2) is 4.68 Å². The Morgan fingerprint density at radius 1 is 1.31 bits per heavy atom. The summed E-state index contributed by atoms with van der Waals surface area (Å²) < 4.78 is 1.91. The van der Waals surface area contributed by atoms with Crippen molar-refractivity contribution in [2.75, 3.05) is 6.54 Å². The van der Waals surface area contributed by atoms with Crippen molar-refractivity contribution in [2.45, 2.75) is 45.4 Å². The van der Waals surface area contributed by atoms with Crippen molar-refractivity contribution in [1.82, 2.24) is 20.4 Å². The molecule has 3 N–H and O–H groups in total. The summed E-state index contributed by atoms with van der Waals surface area (Å²) in [5.41, 5.74) is 4.12. The predicted octanol–water partition coefficient (Wildman–Crippen LogP) is 2.23. The zero-order chi connectivity index (χ0) is 17.3. The first-order valence-electron chi connectivity index (χ1n) is 8.29. The summed E-state index contributed by atoms with van der Waals surface area (Å²) in [4.78, 5) is 12.2. The van der Waals surface area contributed by atoms with Crippen molar-refractivity contribution in [3.05, 3.63) is 47.3 Å². The third-order valence-electron chi connectivity index (χ3n) is 4.43. The lowest BCUT2D eigenvalue weighted by Gasteiger charge is -2.18. The van der Waals surface area contributed by atoms with E-state index in [4.69, 9.17) is 0 Å². The average Bonchev–Trinajstić information content (AvgIpc) is 3.13. The van der Waals surface area contributed by atoms with Gasteiger partial charge in [0.15, 0.2) is 0 Å². The zero-order valence-electron chi connectivity index (χ0n) is 15.1. The SMILES string of the molecule is Cc1cc(C)n(-c2ccc(C(C)NC(=O)C3CC(O)CN3)cc2)n1.Cl.Cl. The van der Waals surface area contributed by atoms with Crippen LogP contribution in [0.2, 0.25) is 0 Å². The second-order valence-electron chi connectivity index (χ2n) is 6.51. The molecular formula is C18H26Cl2N4O2. The van der Waals surface area contributed by atoms with Gasteiger partial charge in [0.2, 0.25) is 5.91 Å². The Bertz CT molecular complexity index is 733. The number of β-amino-alcohol motifs (C(OH)–C–C–N with tert-alkyl or cyclic N) is 1. The molecule has 6 nitrogen and oxygen atoms in total. The van der Waals surface area contributed by atoms with Crippen LogP contribution in [0.25, 0.3) is 5.69 Å². The molecule has 0 aliphatic carbocycles. The highest BCUT2D eigenvalue weighted by Gasteiger charge is 2.28. The molecule has 1 aromatic carbocycles. The number of aliphatic hydroxyl groups excluding tert-OH is 1. The van der Waals surface area contributed by atoms with Crippen LogP contribution < -0.4 is 10.6 Å². The minimum Gasteiger partial charge on any atom is -0.392 e. The van der Waals surface area contributed by atoms with Crippen LogP contribution in [-0.4, -0.2) is 39.5 Å². The number of nitrogens with zero attached hydrogens (tertiary/aromatic N) is 2. The molecule has 1 aliphatic heterocycles. The monoisotopic (exact) mass is 400 g/mol. The first-order chi connectivity index (χ1) is 11.4. The van der Waals surface area contributed by atoms with Gasteiger partial charge in [-0.15, -0.1) is 24.8 Å². The second kappa shape index (κ2) is 9.37. The summed E-state index contributed by atoms with van der Waals surface area (Å²) in [6, 6.07) is 9.67. The van der Waals surface area contributed by atoms with Crippen molar-refractivity contribution in [2.24, 2.45) is 0 Å². The Morgan fingerprint density at radius 3 is 2.46 bits per heavy atom. The van der Waals surface area contributed by atoms with Crippen molar-refractivity contribution in [1.29, 1.82) is 0 Å². The third kappa shape index (κ3) is 4.98. The van der Waals surface area contributed by atoms with Crippen LogP contribution in [0.1, 0.15) is 36.3 Å². The fourth-order valence-corrected chi connectivity index (χ4v) is 3.11. The maximum atomic E-state index is 12.2. The summed E-state index contributed by atoms with van der Waals surface area (Å²) in [5.74, 6) is -0.0679. The maximum Gasteiger partial charge on any atom is 0.237 e. The van der Waals surface area contributed by atoms with E-state index in [2.05, 4.69) is 15.7 Å². The van der Waals surface area contributed by atoms with E-state index in [-0.39, 0.29) is 42.8 Å². The molecule has 1 amide bonds. The van der Waals surface area contributed by atoms with Crippen LogP contribution in [-0.2, 0) is 4.79 Å². The minimum absolute atomic E-state index is 0. The molecule has 2 aromatic rings. The number of nitrogens with one attached hydrogen (secondary N) is 2. The molecule has 0 radical (unpaired) electrons. The normalized spacial score (nSPS) is 20.0. The Morgan fingerprint density at radius 2 is 1.96 bits per heavy atom. The number of benzene rings is 1. The Labute approximate surface area is 166 Å². The first-order valence-corrected chi connectivity index (χ1v) is 8.29. The van der Waals surface area contributed by atoms with E-state index in [1.807, 2.05) is 55.8 Å². The molecule has 3 rings (SSSR count). The van der Waals surface area contributed by atoms with Crippen molar-refractivity contribution in [3.63, 3.8) is 0 Å². The number of amides is 1. The van der Waals surface area contributed by atoms with Gasteiger partial charge in [-0.3, -0.25) is 4.79 Å². The number of aliphatic hydroxyl groups is 1. The molecule has 3 atom stereocenters. The number of aryl methyl sites for hydroxylation is 2. The van der Waals surface area contributed by atoms with Gasteiger partial charge in [-0.2, -0.15) is 5.10 Å². The van der Waals surface area contributed by atoms with Crippen molar-refractivity contribution < 1.29 is 9.90 Å². The lowest BCUT2D eigenvalue weighted by Crippen LogP contribution is -2.41. The highest BCUT2D eigenvalue weighted by molar-refractivity contribution is 5.85. The van der Waals surface area contributed by atoms with Gasteiger partial charge in [0.05, 0.1) is 29.6 Å². The molecule has 0 spiro atoms. The van der Waals surface area contributed by atoms with Crippen LogP contribution in [0.15, 0.2) is 30.3 Å². The second-order valence-corrected chi connectivity index (χ2v) is 6.51. The fourth-order valence-electron chi connectivity index (χ4n) is 3.11. The number of carbonyl (C=O) groups is 1. The number of aromatic nitrogens is 2. The smallest absolute Gasteiger partial charge is 0.237 e. The maximum absolute atomic E-state index is 12.2. The van der Waals surface area contributed by atoms with E-state index < -0.39 is 6.10 Å². The Hall–Kier alpha value is -1.60. The number of rotatable bonds is 4. The van der Waals surface area contributed by atoms with E-state index in [1.165, 1.54) is 0 Å². The van der Waals surface area contributed by atoms with Gasteiger partial charge in [-0.1, -0.05) is 12.1 Å². The predicted molar refractivity (Wildman–Crippen MR) is 107 cm³/mol. The molecule has 1 fully saturated rings. The Balaban J connectivity index is 0.00000169. The number of hydrogen-bond donors (Lipinski definition) is 3. The van der Waals surface area contributed by atoms with Gasteiger partial charge in [0, 0.05) is 12.2 Å². The van der Waals surface area contributed by atoms with Crippen LogP contribution in [0.5, 0.6) is 0 Å². The van der Waals surface area contributed by atoms with Crippen LogP contribution in [0.3, 0.4) is 0 Å². The van der Waals surface area contributed by atoms with Gasteiger partial charge in [-0.05, 0) is 51.0 Å². The zero-order valence-corrected chi connectivity index (χ0v) is 16.7. The van der Waals surface area contributed by atoms with Gasteiger partial charge in [0.25, 0.3) is 0 Å². The van der Waals surface area contributed by atoms with Crippen LogP contribution >= 0.6 is 24.8 Å². The van der Waals surface area contributed by atoms with E-state index in [9.17, 15) is 9.90 Å². The quantitative estimate of drug-likeness (QED) is 0.734. The first kappa shape index (κ1) is 22.4. The third-order valence-corrected chi connectivity index (χ3v) is 4.43. The minimum atomic E-state index is -0.434. The largest absolute Gasteiger partial charge is 0.392 e. The van der Waals surface area contributed by atoms with Gasteiger partial charge >= 0.3 is 0 Å². The summed E-state index contributed by atoms with van der Waals surface area (Å²) in [7, 11) is 0. The van der Waals surface area contributed by atoms with E-state index in [0.29, 0.717) is 13.0 Å². The molecule has 1 aromatic heterocycles. The molecule has 2 heterocycles. The number of carbonyl (C=O) groups excluding carboxylic acids is 1. The summed E-state index contributed by atoms with van der Waals surface area (Å²) in [5, 5.41) is 20.0. The Kier molecular flexibility index (Phi) is 8.09. The molecule has 144 valence electrons. The van der Waals surface area contributed by atoms with Crippen LogP contribution in [0.4, 0.5) is 0 Å². The van der Waals surface area contributed by atoms with E-state index >= 15 is 0 Å². The average molecular weight is 401 g/mol. The molecule has 26 heavy (non-hydrogen) atoms. The lowest BCUT2D eigenvalue weighted by molar-refractivity contribution is -0.123. The summed E-state index contributed by atoms with van der Waals surface area (Å²) >= 11 is 0. The lowest BCUT2D eigenvalue weighted by atomic mass is 10.1. The summed E-state index contributed by atoms with van der Waals surface area (Å²) in [6.07, 6.45) is 0.0335. The number of halogens is 2. The van der Waals surface area contributed by atoms with Gasteiger partial charge < -0.3 is 15.7 Å². The van der Waals surface area contributed by atoms with E-state index in [1.54, 1.807) is 0 Å².